The minimum atomic E-state index is 0.0870. The van der Waals surface area contributed by atoms with Crippen LogP contribution in [0, 0.1) is 0 Å². The molecule has 0 spiro atoms. The molecule has 0 saturated carbocycles. The maximum Gasteiger partial charge on any atom is 0.160 e. The lowest BCUT2D eigenvalue weighted by atomic mass is 10.2. The summed E-state index contributed by atoms with van der Waals surface area (Å²) in [6.07, 6.45) is 1.51. The predicted octanol–water partition coefficient (Wildman–Crippen LogP) is 3.15. The number of phenols is 1. The van der Waals surface area contributed by atoms with E-state index >= 15 is 0 Å². The third kappa shape index (κ3) is 2.17. The number of nitrogens with zero attached hydrogens (tertiary/aromatic N) is 2. The smallest absolute Gasteiger partial charge is 0.160 e. The number of hydrogen-bond donors (Lipinski definition) is 2. The minimum absolute atomic E-state index is 0.0870. The van der Waals surface area contributed by atoms with Crippen LogP contribution in [0.3, 0.4) is 0 Å². The minimum Gasteiger partial charge on any atom is -0.504 e. The third-order valence-electron chi connectivity index (χ3n) is 2.68. The van der Waals surface area contributed by atoms with Crippen molar-refractivity contribution in [3.63, 3.8) is 0 Å². The molecule has 0 saturated heterocycles. The Balaban J connectivity index is 1.97. The number of anilines is 2. The number of phenolic OH excluding ortho intramolecular Hbond substituents is 1. The molecule has 3 rings (SSSR count). The van der Waals surface area contributed by atoms with Crippen LogP contribution in [-0.4, -0.2) is 22.2 Å². The van der Waals surface area contributed by atoms with E-state index in [-0.39, 0.29) is 5.75 Å². The molecule has 2 heterocycles. The molecule has 0 radical (unpaired) electrons. The van der Waals surface area contributed by atoms with Crippen molar-refractivity contribution in [1.29, 1.82) is 0 Å². The topological polar surface area (TPSA) is 67.3 Å². The Labute approximate surface area is 113 Å². The number of hydrogen-bond acceptors (Lipinski definition) is 6. The highest BCUT2D eigenvalue weighted by atomic mass is 32.1. The van der Waals surface area contributed by atoms with Gasteiger partial charge in [-0.2, -0.15) is 0 Å². The zero-order valence-electron chi connectivity index (χ0n) is 10.1. The first-order chi connectivity index (χ1) is 9.28. The molecule has 0 atom stereocenters. The number of rotatable bonds is 3. The van der Waals surface area contributed by atoms with Crippen LogP contribution in [0.25, 0.3) is 10.2 Å². The number of aromatic nitrogens is 2. The van der Waals surface area contributed by atoms with Crippen LogP contribution in [0.5, 0.6) is 11.5 Å². The molecule has 3 aromatic rings. The average molecular weight is 273 g/mol. The number of thiophene rings is 1. The lowest BCUT2D eigenvalue weighted by Crippen LogP contribution is -1.94. The van der Waals surface area contributed by atoms with Gasteiger partial charge in [0.1, 0.15) is 6.33 Å². The molecule has 0 fully saturated rings. The summed E-state index contributed by atoms with van der Waals surface area (Å²) in [7, 11) is 1.52. The van der Waals surface area contributed by atoms with Crippen LogP contribution in [0.1, 0.15) is 0 Å². The Hall–Kier alpha value is -2.34. The fraction of sp³-hybridized carbons (Fsp3) is 0.0769. The van der Waals surface area contributed by atoms with Crippen LogP contribution in [0.4, 0.5) is 11.5 Å². The summed E-state index contributed by atoms with van der Waals surface area (Å²) >= 11 is 1.57. The molecule has 19 heavy (non-hydrogen) atoms. The molecular formula is C13H11N3O2S. The van der Waals surface area contributed by atoms with Gasteiger partial charge in [-0.25, -0.2) is 9.97 Å². The van der Waals surface area contributed by atoms with Crippen LogP contribution in [0.2, 0.25) is 0 Å². The van der Waals surface area contributed by atoms with Gasteiger partial charge < -0.3 is 15.2 Å². The Kier molecular flexibility index (Phi) is 2.92. The second-order valence-electron chi connectivity index (χ2n) is 3.87. The molecule has 6 heteroatoms. The highest BCUT2D eigenvalue weighted by Gasteiger charge is 2.07. The van der Waals surface area contributed by atoms with Gasteiger partial charge in [-0.15, -0.1) is 11.3 Å². The molecule has 0 aliphatic heterocycles. The lowest BCUT2D eigenvalue weighted by molar-refractivity contribution is 0.373. The summed E-state index contributed by atoms with van der Waals surface area (Å²) in [5, 5.41) is 14.9. The van der Waals surface area contributed by atoms with Crippen molar-refractivity contribution in [3.8, 4) is 11.5 Å². The molecular weight excluding hydrogens is 262 g/mol. The number of nitrogens with one attached hydrogen (secondary N) is 1. The molecule has 0 aliphatic carbocycles. The van der Waals surface area contributed by atoms with E-state index in [1.54, 1.807) is 23.5 Å². The van der Waals surface area contributed by atoms with Crippen molar-refractivity contribution < 1.29 is 9.84 Å². The standard InChI is InChI=1S/C13H11N3O2S/c1-18-11-3-2-8(6-10(11)17)16-13-12-9(4-5-19-12)14-7-15-13/h2-7,17H,1H3,(H,14,15,16). The van der Waals surface area contributed by atoms with E-state index in [1.807, 2.05) is 17.5 Å². The van der Waals surface area contributed by atoms with Gasteiger partial charge in [-0.3, -0.25) is 0 Å². The van der Waals surface area contributed by atoms with Gasteiger partial charge in [-0.05, 0) is 23.6 Å². The van der Waals surface area contributed by atoms with Crippen molar-refractivity contribution in [1.82, 2.24) is 9.97 Å². The van der Waals surface area contributed by atoms with Crippen LogP contribution in [0.15, 0.2) is 36.0 Å². The predicted molar refractivity (Wildman–Crippen MR) is 75.4 cm³/mol. The van der Waals surface area contributed by atoms with Crippen LogP contribution < -0.4 is 10.1 Å². The molecule has 0 unspecified atom stereocenters. The monoisotopic (exact) mass is 273 g/mol. The zero-order valence-corrected chi connectivity index (χ0v) is 10.9. The van der Waals surface area contributed by atoms with Crippen LogP contribution in [-0.2, 0) is 0 Å². The van der Waals surface area contributed by atoms with E-state index in [0.29, 0.717) is 5.75 Å². The molecule has 0 aliphatic rings. The second kappa shape index (κ2) is 4.74. The van der Waals surface area contributed by atoms with Crippen molar-refractivity contribution in [2.75, 3.05) is 12.4 Å². The van der Waals surface area contributed by atoms with E-state index < -0.39 is 0 Å². The van der Waals surface area contributed by atoms with Gasteiger partial charge in [0.05, 0.1) is 17.3 Å². The fourth-order valence-corrected chi connectivity index (χ4v) is 2.57. The Morgan fingerprint density at radius 3 is 2.95 bits per heavy atom. The lowest BCUT2D eigenvalue weighted by Gasteiger charge is -2.08. The Morgan fingerprint density at radius 2 is 2.16 bits per heavy atom. The largest absolute Gasteiger partial charge is 0.504 e. The Bertz CT molecular complexity index is 727. The van der Waals surface area contributed by atoms with Crippen molar-refractivity contribution >= 4 is 33.1 Å². The van der Waals surface area contributed by atoms with E-state index in [2.05, 4.69) is 15.3 Å². The number of benzene rings is 1. The fourth-order valence-electron chi connectivity index (χ4n) is 1.78. The summed E-state index contributed by atoms with van der Waals surface area (Å²) in [6.45, 7) is 0. The maximum absolute atomic E-state index is 9.75. The van der Waals surface area contributed by atoms with Crippen LogP contribution >= 0.6 is 11.3 Å². The number of methoxy groups -OCH3 is 1. The maximum atomic E-state index is 9.75. The molecule has 96 valence electrons. The van der Waals surface area contributed by atoms with Gasteiger partial charge in [0.2, 0.25) is 0 Å². The normalized spacial score (nSPS) is 10.6. The first-order valence-corrected chi connectivity index (χ1v) is 6.48. The Morgan fingerprint density at radius 1 is 1.26 bits per heavy atom. The second-order valence-corrected chi connectivity index (χ2v) is 4.78. The highest BCUT2D eigenvalue weighted by Crippen LogP contribution is 2.32. The van der Waals surface area contributed by atoms with Gasteiger partial charge >= 0.3 is 0 Å². The number of aromatic hydroxyl groups is 1. The number of fused-ring (bicyclic) bond motifs is 1. The SMILES string of the molecule is COc1ccc(Nc2ncnc3ccsc23)cc1O. The molecule has 0 amide bonds. The summed E-state index contributed by atoms with van der Waals surface area (Å²) in [5.74, 6) is 1.25. The van der Waals surface area contributed by atoms with Gasteiger partial charge in [-0.1, -0.05) is 0 Å². The quantitative estimate of drug-likeness (QED) is 0.767. The van der Waals surface area contributed by atoms with Crippen molar-refractivity contribution in [3.05, 3.63) is 36.0 Å². The molecule has 2 aromatic heterocycles. The average Bonchev–Trinajstić information content (AvgIpc) is 2.88. The summed E-state index contributed by atoms with van der Waals surface area (Å²) in [5.41, 5.74) is 1.65. The first-order valence-electron chi connectivity index (χ1n) is 5.60. The van der Waals surface area contributed by atoms with E-state index in [4.69, 9.17) is 4.74 Å². The van der Waals surface area contributed by atoms with E-state index in [1.165, 1.54) is 13.4 Å². The molecule has 1 aromatic carbocycles. The molecule has 2 N–H and O–H groups in total. The first kappa shape index (κ1) is 11.7. The van der Waals surface area contributed by atoms with Crippen molar-refractivity contribution in [2.24, 2.45) is 0 Å². The highest BCUT2D eigenvalue weighted by molar-refractivity contribution is 7.17. The van der Waals surface area contributed by atoms with Crippen molar-refractivity contribution in [2.45, 2.75) is 0 Å². The van der Waals surface area contributed by atoms with Gasteiger partial charge in [0.15, 0.2) is 17.3 Å². The number of ether oxygens (including phenoxy) is 1. The van der Waals surface area contributed by atoms with E-state index in [9.17, 15) is 5.11 Å². The zero-order chi connectivity index (χ0) is 13.2. The summed E-state index contributed by atoms with van der Waals surface area (Å²) in [4.78, 5) is 8.40. The molecule has 0 bridgehead atoms. The summed E-state index contributed by atoms with van der Waals surface area (Å²) < 4.78 is 5.99. The molecule has 5 nitrogen and oxygen atoms in total. The van der Waals surface area contributed by atoms with E-state index in [0.717, 1.165) is 21.7 Å². The summed E-state index contributed by atoms with van der Waals surface area (Å²) in [6, 6.07) is 7.06. The van der Waals surface area contributed by atoms with Gasteiger partial charge in [0.25, 0.3) is 0 Å². The van der Waals surface area contributed by atoms with Gasteiger partial charge in [0, 0.05) is 11.8 Å². The third-order valence-corrected chi connectivity index (χ3v) is 3.60.